The topological polar surface area (TPSA) is 52.8 Å². The first-order valence-corrected chi connectivity index (χ1v) is 4.50. The van der Waals surface area contributed by atoms with Crippen LogP contribution in [0, 0.1) is 0 Å². The van der Waals surface area contributed by atoms with E-state index in [2.05, 4.69) is 13.8 Å². The van der Waals surface area contributed by atoms with Crippen LogP contribution in [0.25, 0.3) is 10.8 Å². The molecule has 2 rings (SSSR count). The number of rotatable bonds is 1. The molecule has 0 radical (unpaired) electrons. The third-order valence-corrected chi connectivity index (χ3v) is 2.34. The van der Waals surface area contributed by atoms with Crippen LogP contribution in [-0.4, -0.2) is 10.2 Å². The number of aromatic hydroxyl groups is 2. The van der Waals surface area contributed by atoms with E-state index in [0.717, 1.165) is 0 Å². The van der Waals surface area contributed by atoms with E-state index in [1.807, 2.05) is 0 Å². The summed E-state index contributed by atoms with van der Waals surface area (Å²) < 4.78 is 3.68. The molecule has 0 unspecified atom stereocenters. The Bertz CT molecular complexity index is 511. The van der Waals surface area contributed by atoms with E-state index in [-0.39, 0.29) is 11.5 Å². The van der Waals surface area contributed by atoms with Crippen molar-refractivity contribution in [1.82, 2.24) is 0 Å². The Balaban J connectivity index is 2.94. The van der Waals surface area contributed by atoms with E-state index >= 15 is 0 Å². The Morgan fingerprint density at radius 3 is 2.36 bits per heavy atom. The van der Waals surface area contributed by atoms with Gasteiger partial charge in [0, 0.05) is 16.8 Å². The van der Waals surface area contributed by atoms with Gasteiger partial charge < -0.3 is 10.2 Å². The van der Waals surface area contributed by atoms with Crippen molar-refractivity contribution in [2.45, 2.75) is 0 Å². The van der Waals surface area contributed by atoms with Crippen LogP contribution in [0.4, 0.5) is 5.69 Å². The van der Waals surface area contributed by atoms with Crippen molar-refractivity contribution in [3.63, 3.8) is 0 Å². The van der Waals surface area contributed by atoms with Crippen LogP contribution in [0.5, 0.6) is 11.5 Å². The molecule has 0 amide bonds. The molecule has 2 aromatic carbocycles. The second-order valence-corrected chi connectivity index (χ2v) is 3.14. The third kappa shape index (κ3) is 1.22. The van der Waals surface area contributed by atoms with Gasteiger partial charge in [-0.25, -0.2) is 4.74 Å². The predicted molar refractivity (Wildman–Crippen MR) is 57.7 cm³/mol. The minimum absolute atomic E-state index is 0.0633. The molecular formula is C10H8NO2P. The summed E-state index contributed by atoms with van der Waals surface area (Å²) in [6.45, 7) is 0. The molecule has 0 saturated heterocycles. The molecule has 0 fully saturated rings. The first-order chi connectivity index (χ1) is 6.74. The van der Waals surface area contributed by atoms with Crippen LogP contribution in [0.2, 0.25) is 0 Å². The summed E-state index contributed by atoms with van der Waals surface area (Å²) in [4.78, 5) is 0. The summed E-state index contributed by atoms with van der Waals surface area (Å²) in [5.41, 5.74) is 0.317. The van der Waals surface area contributed by atoms with Gasteiger partial charge >= 0.3 is 0 Å². The number of benzene rings is 2. The van der Waals surface area contributed by atoms with Crippen molar-refractivity contribution in [1.29, 1.82) is 0 Å². The van der Waals surface area contributed by atoms with Gasteiger partial charge in [-0.3, -0.25) is 0 Å². The van der Waals surface area contributed by atoms with Gasteiger partial charge in [0.15, 0.2) is 0 Å². The van der Waals surface area contributed by atoms with Crippen molar-refractivity contribution in [2.24, 2.45) is 4.74 Å². The summed E-state index contributed by atoms with van der Waals surface area (Å²) in [6.07, 6.45) is 0. The molecule has 0 atom stereocenters. The third-order valence-electron chi connectivity index (χ3n) is 2.09. The first-order valence-electron chi connectivity index (χ1n) is 4.05. The lowest BCUT2D eigenvalue weighted by Gasteiger charge is -2.05. The van der Waals surface area contributed by atoms with Crippen LogP contribution in [0.3, 0.4) is 0 Å². The Hall–Kier alpha value is -1.60. The molecule has 70 valence electrons. The second kappa shape index (κ2) is 3.28. The number of hydrogen-bond donors (Lipinski definition) is 2. The maximum Gasteiger partial charge on any atom is 0.149 e. The maximum atomic E-state index is 9.74. The highest BCUT2D eigenvalue weighted by molar-refractivity contribution is 7.04. The molecule has 0 heterocycles. The highest BCUT2D eigenvalue weighted by Crippen LogP contribution is 2.40. The second-order valence-electron chi connectivity index (χ2n) is 2.92. The molecule has 14 heavy (non-hydrogen) atoms. The summed E-state index contributed by atoms with van der Waals surface area (Å²) in [5.74, 6) is 0.170. The van der Waals surface area contributed by atoms with Gasteiger partial charge in [-0.05, 0) is 9.03 Å². The van der Waals surface area contributed by atoms with E-state index in [1.165, 1.54) is 6.07 Å². The van der Waals surface area contributed by atoms with Crippen molar-refractivity contribution >= 4 is 25.5 Å². The SMILES string of the molecule is Oc1cc(N=P)c(O)c2ccccc12. The monoisotopic (exact) mass is 205 g/mol. The summed E-state index contributed by atoms with van der Waals surface area (Å²) in [6, 6.07) is 8.46. The van der Waals surface area contributed by atoms with Crippen molar-refractivity contribution in [3.05, 3.63) is 30.3 Å². The molecule has 0 aliphatic rings. The summed E-state index contributed by atoms with van der Waals surface area (Å²) in [7, 11) is 2.93. The van der Waals surface area contributed by atoms with E-state index in [4.69, 9.17) is 0 Å². The van der Waals surface area contributed by atoms with Gasteiger partial charge in [-0.2, -0.15) is 0 Å². The summed E-state index contributed by atoms with van der Waals surface area (Å²) in [5, 5.41) is 20.6. The van der Waals surface area contributed by atoms with Gasteiger partial charge in [0.2, 0.25) is 0 Å². The number of nitrogens with zero attached hydrogens (tertiary/aromatic N) is 1. The molecule has 2 aromatic rings. The average Bonchev–Trinajstić information content (AvgIpc) is 2.23. The van der Waals surface area contributed by atoms with Crippen LogP contribution in [0.15, 0.2) is 35.1 Å². The zero-order valence-corrected chi connectivity index (χ0v) is 8.23. The highest BCUT2D eigenvalue weighted by Gasteiger charge is 2.08. The lowest BCUT2D eigenvalue weighted by atomic mass is 10.1. The van der Waals surface area contributed by atoms with Crippen LogP contribution >= 0.6 is 9.03 Å². The quantitative estimate of drug-likeness (QED) is 0.554. The van der Waals surface area contributed by atoms with E-state index < -0.39 is 0 Å². The molecule has 2 N–H and O–H groups in total. The van der Waals surface area contributed by atoms with Crippen LogP contribution in [0.1, 0.15) is 0 Å². The molecule has 3 nitrogen and oxygen atoms in total. The predicted octanol–water partition coefficient (Wildman–Crippen LogP) is 3.21. The fourth-order valence-electron chi connectivity index (χ4n) is 1.41. The number of fused-ring (bicyclic) bond motifs is 1. The van der Waals surface area contributed by atoms with Crippen LogP contribution < -0.4 is 0 Å². The normalized spacial score (nSPS) is 10.3. The van der Waals surface area contributed by atoms with Gasteiger partial charge in [0.1, 0.15) is 17.2 Å². The molecule has 0 aliphatic heterocycles. The standard InChI is InChI=1S/C10H8NO2P/c12-9-5-8(11-14)10(13)7-4-2-1-3-6(7)9/h1-5,12-14H. The lowest BCUT2D eigenvalue weighted by molar-refractivity contribution is 0.471. The zero-order valence-electron chi connectivity index (χ0n) is 7.23. The lowest BCUT2D eigenvalue weighted by Crippen LogP contribution is -1.75. The molecule has 0 aliphatic carbocycles. The van der Waals surface area contributed by atoms with Crippen molar-refractivity contribution < 1.29 is 10.2 Å². The van der Waals surface area contributed by atoms with Crippen LogP contribution in [-0.2, 0) is 0 Å². The Morgan fingerprint density at radius 1 is 1.07 bits per heavy atom. The number of phenols is 2. The molecule has 0 bridgehead atoms. The molecule has 0 saturated carbocycles. The smallest absolute Gasteiger partial charge is 0.149 e. The van der Waals surface area contributed by atoms with Gasteiger partial charge in [-0.15, -0.1) is 0 Å². The maximum absolute atomic E-state index is 9.74. The van der Waals surface area contributed by atoms with E-state index in [1.54, 1.807) is 24.3 Å². The highest BCUT2D eigenvalue weighted by atomic mass is 31.0. The van der Waals surface area contributed by atoms with Gasteiger partial charge in [0.05, 0.1) is 0 Å². The van der Waals surface area contributed by atoms with Crippen molar-refractivity contribution in [3.8, 4) is 11.5 Å². The fraction of sp³-hybridized carbons (Fsp3) is 0. The van der Waals surface area contributed by atoms with E-state index in [9.17, 15) is 10.2 Å². The molecular weight excluding hydrogens is 197 g/mol. The minimum atomic E-state index is 0.0633. The number of phenolic OH excluding ortho intramolecular Hbond substituents is 2. The molecule has 0 aromatic heterocycles. The molecule has 4 heteroatoms. The average molecular weight is 205 g/mol. The zero-order chi connectivity index (χ0) is 10.1. The molecule has 0 spiro atoms. The van der Waals surface area contributed by atoms with Gasteiger partial charge in [0.25, 0.3) is 0 Å². The van der Waals surface area contributed by atoms with E-state index in [0.29, 0.717) is 16.5 Å². The fourth-order valence-corrected chi connectivity index (χ4v) is 1.58. The van der Waals surface area contributed by atoms with Gasteiger partial charge in [-0.1, -0.05) is 24.3 Å². The van der Waals surface area contributed by atoms with Crippen molar-refractivity contribution in [2.75, 3.05) is 0 Å². The number of hydrogen-bond acceptors (Lipinski definition) is 3. The summed E-state index contributed by atoms with van der Waals surface area (Å²) >= 11 is 0. The Labute approximate surface area is 82.9 Å². The largest absolute Gasteiger partial charge is 0.507 e. The first kappa shape index (κ1) is 8.97. The minimum Gasteiger partial charge on any atom is -0.507 e. The Kier molecular flexibility index (Phi) is 2.10. The Morgan fingerprint density at radius 2 is 1.71 bits per heavy atom.